The zero-order chi connectivity index (χ0) is 21.5. The molecule has 0 saturated carbocycles. The molecule has 0 aliphatic carbocycles. The first-order valence-corrected chi connectivity index (χ1v) is 11.6. The molecule has 1 aliphatic rings. The van der Waals surface area contributed by atoms with Crippen molar-refractivity contribution in [2.24, 2.45) is 0 Å². The summed E-state index contributed by atoms with van der Waals surface area (Å²) in [4.78, 5) is 30.2. The van der Waals surface area contributed by atoms with Gasteiger partial charge in [-0.1, -0.05) is 36.4 Å². The highest BCUT2D eigenvalue weighted by atomic mass is 32.1. The normalized spacial score (nSPS) is 19.2. The van der Waals surface area contributed by atoms with Crippen molar-refractivity contribution in [2.75, 3.05) is 0 Å². The Morgan fingerprint density at radius 1 is 1.26 bits per heavy atom. The predicted molar refractivity (Wildman–Crippen MR) is 122 cm³/mol. The topological polar surface area (TPSA) is 76.0 Å². The number of thiophene rings is 1. The summed E-state index contributed by atoms with van der Waals surface area (Å²) in [5, 5.41) is 8.44. The van der Waals surface area contributed by atoms with E-state index in [1.54, 1.807) is 23.9 Å². The Labute approximate surface area is 186 Å². The van der Waals surface area contributed by atoms with Gasteiger partial charge in [0, 0.05) is 48.6 Å². The molecule has 4 rings (SSSR count). The highest BCUT2D eigenvalue weighted by Gasteiger charge is 2.38. The van der Waals surface area contributed by atoms with Crippen molar-refractivity contribution in [3.63, 3.8) is 0 Å². The molecule has 0 unspecified atom stereocenters. The molecule has 3 aromatic rings. The molecule has 0 bridgehead atoms. The summed E-state index contributed by atoms with van der Waals surface area (Å²) in [5.74, 6) is 0.102. The fourth-order valence-corrected chi connectivity index (χ4v) is 5.10. The maximum atomic E-state index is 12.9. The van der Waals surface area contributed by atoms with E-state index < -0.39 is 0 Å². The number of aryl methyl sites for hydroxylation is 1. The van der Waals surface area contributed by atoms with Gasteiger partial charge < -0.3 is 15.2 Å². The van der Waals surface area contributed by atoms with Crippen molar-refractivity contribution in [3.8, 4) is 0 Å². The van der Waals surface area contributed by atoms with Crippen molar-refractivity contribution in [1.82, 2.24) is 20.2 Å². The minimum atomic E-state index is -0.321. The number of amides is 2. The summed E-state index contributed by atoms with van der Waals surface area (Å²) in [7, 11) is 0. The first-order chi connectivity index (χ1) is 15.1. The van der Waals surface area contributed by atoms with Gasteiger partial charge in [-0.15, -0.1) is 11.3 Å². The zero-order valence-corrected chi connectivity index (χ0v) is 18.3. The maximum absolute atomic E-state index is 12.9. The van der Waals surface area contributed by atoms with E-state index in [2.05, 4.69) is 27.1 Å². The van der Waals surface area contributed by atoms with Crippen molar-refractivity contribution in [2.45, 2.75) is 56.7 Å². The second-order valence-electron chi connectivity index (χ2n) is 8.20. The number of nitrogens with one attached hydrogen (secondary N) is 2. The molecule has 2 atom stereocenters. The monoisotopic (exact) mass is 436 g/mol. The van der Waals surface area contributed by atoms with Gasteiger partial charge in [-0.2, -0.15) is 0 Å². The van der Waals surface area contributed by atoms with Gasteiger partial charge in [0.1, 0.15) is 0 Å². The Morgan fingerprint density at radius 3 is 2.81 bits per heavy atom. The molecule has 2 amide bonds. The molecule has 31 heavy (non-hydrogen) atoms. The Morgan fingerprint density at radius 2 is 2.13 bits per heavy atom. The molecule has 2 aromatic heterocycles. The quantitative estimate of drug-likeness (QED) is 0.507. The van der Waals surface area contributed by atoms with Crippen LogP contribution in [-0.2, 0) is 22.6 Å². The summed E-state index contributed by atoms with van der Waals surface area (Å²) in [6.07, 6.45) is 9.40. The third kappa shape index (κ3) is 5.82. The van der Waals surface area contributed by atoms with Crippen LogP contribution in [0.15, 0.2) is 66.6 Å². The van der Waals surface area contributed by atoms with Gasteiger partial charge in [-0.25, -0.2) is 4.98 Å². The van der Waals surface area contributed by atoms with Crippen LogP contribution in [0.5, 0.6) is 0 Å². The molecular formula is C24H28N4O2S. The van der Waals surface area contributed by atoms with Crippen molar-refractivity contribution in [1.29, 1.82) is 0 Å². The molecule has 3 heterocycles. The Kier molecular flexibility index (Phi) is 6.82. The summed E-state index contributed by atoms with van der Waals surface area (Å²) in [6.45, 7) is 0.776. The number of carbonyl (C=O) groups is 2. The molecule has 1 saturated heterocycles. The van der Waals surface area contributed by atoms with Crippen LogP contribution < -0.4 is 10.6 Å². The van der Waals surface area contributed by atoms with E-state index in [1.807, 2.05) is 47.2 Å². The second kappa shape index (κ2) is 9.92. The molecular weight excluding hydrogens is 408 g/mol. The van der Waals surface area contributed by atoms with Crippen molar-refractivity contribution >= 4 is 23.2 Å². The SMILES string of the molecule is O=C(CC[C@@]1(Cc2cccs2)CCC(=O)N1)N[C@H](CCn1ccnc1)c1ccccc1. The number of carbonyl (C=O) groups excluding carboxylic acids is 2. The summed E-state index contributed by atoms with van der Waals surface area (Å²) in [6, 6.07) is 14.1. The Balaban J connectivity index is 1.38. The van der Waals surface area contributed by atoms with Crippen LogP contribution in [0.3, 0.4) is 0 Å². The highest BCUT2D eigenvalue weighted by molar-refractivity contribution is 7.09. The first-order valence-electron chi connectivity index (χ1n) is 10.8. The van der Waals surface area contributed by atoms with E-state index in [9.17, 15) is 9.59 Å². The van der Waals surface area contributed by atoms with E-state index >= 15 is 0 Å². The summed E-state index contributed by atoms with van der Waals surface area (Å²) < 4.78 is 2.02. The molecule has 1 aliphatic heterocycles. The number of hydrogen-bond donors (Lipinski definition) is 2. The number of imidazole rings is 1. The minimum Gasteiger partial charge on any atom is -0.350 e. The van der Waals surface area contributed by atoms with Crippen LogP contribution in [0.2, 0.25) is 0 Å². The fraction of sp³-hybridized carbons (Fsp3) is 0.375. The smallest absolute Gasteiger partial charge is 0.220 e. The lowest BCUT2D eigenvalue weighted by molar-refractivity contribution is -0.123. The largest absolute Gasteiger partial charge is 0.350 e. The summed E-state index contributed by atoms with van der Waals surface area (Å²) in [5.41, 5.74) is 0.775. The van der Waals surface area contributed by atoms with Crippen LogP contribution in [0.25, 0.3) is 0 Å². The number of benzene rings is 1. The van der Waals surface area contributed by atoms with Crippen molar-refractivity contribution in [3.05, 3.63) is 77.0 Å². The van der Waals surface area contributed by atoms with Crippen LogP contribution in [0.1, 0.15) is 48.6 Å². The number of nitrogens with zero attached hydrogens (tertiary/aromatic N) is 2. The lowest BCUT2D eigenvalue weighted by Crippen LogP contribution is -2.44. The van der Waals surface area contributed by atoms with Crippen LogP contribution in [0, 0.1) is 0 Å². The van der Waals surface area contributed by atoms with E-state index in [-0.39, 0.29) is 23.4 Å². The van der Waals surface area contributed by atoms with Gasteiger partial charge in [0.05, 0.1) is 12.4 Å². The number of rotatable bonds is 10. The van der Waals surface area contributed by atoms with Gasteiger partial charge in [-0.3, -0.25) is 9.59 Å². The highest BCUT2D eigenvalue weighted by Crippen LogP contribution is 2.31. The Bertz CT molecular complexity index is 972. The van der Waals surface area contributed by atoms with E-state index in [0.717, 1.165) is 31.4 Å². The zero-order valence-electron chi connectivity index (χ0n) is 17.5. The van der Waals surface area contributed by atoms with E-state index in [1.165, 1.54) is 4.88 Å². The number of hydrogen-bond acceptors (Lipinski definition) is 4. The molecule has 1 fully saturated rings. The fourth-order valence-electron chi connectivity index (χ4n) is 4.25. The third-order valence-electron chi connectivity index (χ3n) is 5.93. The predicted octanol–water partition coefficient (Wildman–Crippen LogP) is 3.86. The maximum Gasteiger partial charge on any atom is 0.220 e. The molecule has 1 aromatic carbocycles. The van der Waals surface area contributed by atoms with Gasteiger partial charge in [0.25, 0.3) is 0 Å². The number of aromatic nitrogens is 2. The first kappa shape index (κ1) is 21.3. The molecule has 6 nitrogen and oxygen atoms in total. The van der Waals surface area contributed by atoms with Crippen molar-refractivity contribution < 1.29 is 9.59 Å². The van der Waals surface area contributed by atoms with Gasteiger partial charge >= 0.3 is 0 Å². The van der Waals surface area contributed by atoms with Crippen LogP contribution in [0.4, 0.5) is 0 Å². The third-order valence-corrected chi connectivity index (χ3v) is 6.81. The average molecular weight is 437 g/mol. The van der Waals surface area contributed by atoms with E-state index in [4.69, 9.17) is 0 Å². The van der Waals surface area contributed by atoms with Gasteiger partial charge in [0.15, 0.2) is 0 Å². The summed E-state index contributed by atoms with van der Waals surface area (Å²) >= 11 is 1.70. The molecule has 0 radical (unpaired) electrons. The van der Waals surface area contributed by atoms with Gasteiger partial charge in [0.2, 0.25) is 11.8 Å². The standard InChI is InChI=1S/C24H28N4O2S/c29-22(8-11-24(12-9-23(30)27-24)17-20-7-4-16-31-20)26-21(19-5-2-1-3-6-19)10-14-28-15-13-25-18-28/h1-7,13,15-16,18,21H,8-12,14,17H2,(H,26,29)(H,27,30)/t21-,24+/m1/s1. The van der Waals surface area contributed by atoms with Crippen LogP contribution in [-0.4, -0.2) is 26.9 Å². The second-order valence-corrected chi connectivity index (χ2v) is 9.24. The molecule has 0 spiro atoms. The average Bonchev–Trinajstić information content (AvgIpc) is 3.54. The van der Waals surface area contributed by atoms with E-state index in [0.29, 0.717) is 19.3 Å². The Hall–Kier alpha value is -2.93. The lowest BCUT2D eigenvalue weighted by Gasteiger charge is -2.29. The minimum absolute atomic E-state index is 0.0196. The molecule has 162 valence electrons. The lowest BCUT2D eigenvalue weighted by atomic mass is 9.87. The molecule has 2 N–H and O–H groups in total. The van der Waals surface area contributed by atoms with Gasteiger partial charge in [-0.05, 0) is 36.3 Å². The van der Waals surface area contributed by atoms with Crippen LogP contribution >= 0.6 is 11.3 Å². The molecule has 7 heteroatoms.